The fraction of sp³-hybridized carbons (Fsp3) is 0.667. The molecule has 3 aliphatic rings. The molecule has 0 saturated heterocycles. The molecule has 114 valence electrons. The van der Waals surface area contributed by atoms with Crippen molar-refractivity contribution in [1.82, 2.24) is 0 Å². The minimum absolute atomic E-state index is 0.116. The van der Waals surface area contributed by atoms with Gasteiger partial charge >= 0.3 is 0 Å². The van der Waals surface area contributed by atoms with E-state index in [2.05, 4.69) is 13.0 Å². The quantitative estimate of drug-likeness (QED) is 0.687. The lowest BCUT2D eigenvalue weighted by Gasteiger charge is -2.49. The summed E-state index contributed by atoms with van der Waals surface area (Å²) in [5.74, 6) is 1.88. The van der Waals surface area contributed by atoms with Crippen LogP contribution in [-0.2, 0) is 6.42 Å². The van der Waals surface area contributed by atoms with Crippen molar-refractivity contribution in [2.75, 3.05) is 0 Å². The number of aryl methyl sites for hydroxylation is 1. The Kier molecular flexibility index (Phi) is 2.89. The second-order valence-electron chi connectivity index (χ2n) is 7.59. The van der Waals surface area contributed by atoms with Crippen molar-refractivity contribution < 1.29 is 15.3 Å². The van der Waals surface area contributed by atoms with Crippen molar-refractivity contribution in [3.05, 3.63) is 29.3 Å². The summed E-state index contributed by atoms with van der Waals surface area (Å²) in [7, 11) is 0. The topological polar surface area (TPSA) is 60.7 Å². The number of rotatable bonds is 0. The summed E-state index contributed by atoms with van der Waals surface area (Å²) in [6, 6.07) is 5.80. The maximum Gasteiger partial charge on any atom is 0.115 e. The monoisotopic (exact) mass is 288 g/mol. The standard InChI is InChI=1S/C18H24O3/c1-18-7-6-13-12-5-3-11(19)8-10(12)2-4-14(13)15(18)9-16(20)17(18)21/h3,5,8,13-17,19-21H,2,4,6-7,9H2,1H3/t13-,14-,15+,16+,17+,18+/m0/s1. The minimum Gasteiger partial charge on any atom is -0.508 e. The van der Waals surface area contributed by atoms with E-state index in [9.17, 15) is 15.3 Å². The summed E-state index contributed by atoms with van der Waals surface area (Å²) in [5.41, 5.74) is 2.57. The highest BCUT2D eigenvalue weighted by molar-refractivity contribution is 5.40. The molecule has 0 bridgehead atoms. The van der Waals surface area contributed by atoms with Gasteiger partial charge < -0.3 is 15.3 Å². The molecule has 3 nitrogen and oxygen atoms in total. The largest absolute Gasteiger partial charge is 0.508 e. The smallest absolute Gasteiger partial charge is 0.115 e. The van der Waals surface area contributed by atoms with Gasteiger partial charge in [-0.15, -0.1) is 0 Å². The van der Waals surface area contributed by atoms with Crippen LogP contribution in [0.3, 0.4) is 0 Å². The van der Waals surface area contributed by atoms with Crippen molar-refractivity contribution >= 4 is 0 Å². The maximum absolute atomic E-state index is 10.4. The van der Waals surface area contributed by atoms with Gasteiger partial charge in [0.15, 0.2) is 0 Å². The SMILES string of the molecule is C[C@@]12CC[C@H]3c4ccc(O)cc4CC[C@@H]3[C@H]1C[C@@H](O)[C@H]2O. The zero-order valence-electron chi connectivity index (χ0n) is 12.5. The fourth-order valence-corrected chi connectivity index (χ4v) is 5.56. The molecule has 2 saturated carbocycles. The molecule has 2 fully saturated rings. The average Bonchev–Trinajstić information content (AvgIpc) is 2.70. The lowest BCUT2D eigenvalue weighted by Crippen LogP contribution is -2.44. The first-order valence-corrected chi connectivity index (χ1v) is 8.18. The van der Waals surface area contributed by atoms with Crippen LogP contribution in [0.25, 0.3) is 0 Å². The van der Waals surface area contributed by atoms with Gasteiger partial charge in [0.2, 0.25) is 0 Å². The summed E-state index contributed by atoms with van der Waals surface area (Å²) < 4.78 is 0. The van der Waals surface area contributed by atoms with E-state index in [0.29, 0.717) is 23.5 Å². The van der Waals surface area contributed by atoms with E-state index in [-0.39, 0.29) is 5.41 Å². The molecule has 1 aromatic carbocycles. The predicted molar refractivity (Wildman–Crippen MR) is 80.1 cm³/mol. The van der Waals surface area contributed by atoms with Crippen molar-refractivity contribution in [3.8, 4) is 5.75 Å². The highest BCUT2D eigenvalue weighted by Gasteiger charge is 2.57. The van der Waals surface area contributed by atoms with Crippen LogP contribution < -0.4 is 0 Å². The molecule has 4 rings (SSSR count). The second kappa shape index (κ2) is 4.47. The highest BCUT2D eigenvalue weighted by Crippen LogP contribution is 2.60. The van der Waals surface area contributed by atoms with Crippen LogP contribution in [0.1, 0.15) is 49.7 Å². The number of aromatic hydroxyl groups is 1. The first-order chi connectivity index (χ1) is 10.0. The van der Waals surface area contributed by atoms with Crippen molar-refractivity contribution in [3.63, 3.8) is 0 Å². The Balaban J connectivity index is 1.71. The molecule has 1 aromatic rings. The molecule has 0 spiro atoms. The lowest BCUT2D eigenvalue weighted by atomic mass is 9.55. The molecule has 3 heteroatoms. The van der Waals surface area contributed by atoms with Crippen molar-refractivity contribution in [1.29, 1.82) is 0 Å². The van der Waals surface area contributed by atoms with Gasteiger partial charge in [-0.1, -0.05) is 13.0 Å². The Morgan fingerprint density at radius 1 is 1.19 bits per heavy atom. The van der Waals surface area contributed by atoms with Gasteiger partial charge in [0.1, 0.15) is 5.75 Å². The molecule has 0 heterocycles. The van der Waals surface area contributed by atoms with Crippen molar-refractivity contribution in [2.45, 2.75) is 57.2 Å². The van der Waals surface area contributed by atoms with Gasteiger partial charge in [-0.3, -0.25) is 0 Å². The van der Waals surface area contributed by atoms with Crippen LogP contribution >= 0.6 is 0 Å². The van der Waals surface area contributed by atoms with Crippen LogP contribution in [0.5, 0.6) is 5.75 Å². The van der Waals surface area contributed by atoms with E-state index in [1.807, 2.05) is 6.07 Å². The predicted octanol–water partition coefficient (Wildman–Crippen LogP) is 2.58. The molecular weight excluding hydrogens is 264 g/mol. The van der Waals surface area contributed by atoms with Crippen LogP contribution in [-0.4, -0.2) is 27.5 Å². The molecule has 3 N–H and O–H groups in total. The number of aliphatic hydroxyl groups excluding tert-OH is 2. The molecule has 21 heavy (non-hydrogen) atoms. The van der Waals surface area contributed by atoms with Gasteiger partial charge in [-0.05, 0) is 78.5 Å². The third kappa shape index (κ3) is 1.80. The van der Waals surface area contributed by atoms with Crippen LogP contribution in [0.15, 0.2) is 18.2 Å². The number of fused-ring (bicyclic) bond motifs is 5. The Hall–Kier alpha value is -1.06. The number of aliphatic hydroxyl groups is 2. The molecule has 0 amide bonds. The molecule has 0 aliphatic heterocycles. The van der Waals surface area contributed by atoms with E-state index in [0.717, 1.165) is 32.1 Å². The maximum atomic E-state index is 10.4. The van der Waals surface area contributed by atoms with E-state index in [1.165, 1.54) is 11.1 Å². The van der Waals surface area contributed by atoms with Gasteiger partial charge in [0.05, 0.1) is 12.2 Å². The number of phenolic OH excluding ortho intramolecular Hbond substituents is 1. The third-order valence-electron chi connectivity index (χ3n) is 6.68. The summed E-state index contributed by atoms with van der Waals surface area (Å²) in [6.45, 7) is 2.17. The summed E-state index contributed by atoms with van der Waals surface area (Å²) in [5, 5.41) is 30.2. The van der Waals surface area contributed by atoms with E-state index >= 15 is 0 Å². The Labute approximate surface area is 125 Å². The number of hydrogen-bond donors (Lipinski definition) is 3. The Bertz CT molecular complexity index is 570. The normalized spacial score (nSPS) is 44.8. The zero-order valence-corrected chi connectivity index (χ0v) is 12.5. The Morgan fingerprint density at radius 2 is 2.00 bits per heavy atom. The molecule has 6 atom stereocenters. The molecule has 3 aliphatic carbocycles. The number of benzene rings is 1. The Morgan fingerprint density at radius 3 is 2.81 bits per heavy atom. The lowest BCUT2D eigenvalue weighted by molar-refractivity contribution is -0.0505. The van der Waals surface area contributed by atoms with Gasteiger partial charge in [0.25, 0.3) is 0 Å². The molecule has 0 radical (unpaired) electrons. The van der Waals surface area contributed by atoms with Crippen LogP contribution in [0.2, 0.25) is 0 Å². The highest BCUT2D eigenvalue weighted by atomic mass is 16.3. The van der Waals surface area contributed by atoms with Gasteiger partial charge in [0, 0.05) is 0 Å². The fourth-order valence-electron chi connectivity index (χ4n) is 5.56. The summed E-state index contributed by atoms with van der Waals surface area (Å²) in [6.07, 6.45) is 3.80. The van der Waals surface area contributed by atoms with E-state index in [4.69, 9.17) is 0 Å². The first-order valence-electron chi connectivity index (χ1n) is 8.18. The average molecular weight is 288 g/mol. The number of hydrogen-bond acceptors (Lipinski definition) is 3. The van der Waals surface area contributed by atoms with Crippen molar-refractivity contribution in [2.24, 2.45) is 17.3 Å². The minimum atomic E-state index is -0.565. The molecular formula is C18H24O3. The van der Waals surface area contributed by atoms with E-state index < -0.39 is 12.2 Å². The summed E-state index contributed by atoms with van der Waals surface area (Å²) in [4.78, 5) is 0. The van der Waals surface area contributed by atoms with Gasteiger partial charge in [-0.2, -0.15) is 0 Å². The second-order valence-corrected chi connectivity index (χ2v) is 7.59. The number of phenols is 1. The first kappa shape index (κ1) is 13.6. The zero-order chi connectivity index (χ0) is 14.8. The van der Waals surface area contributed by atoms with E-state index in [1.54, 1.807) is 6.07 Å². The summed E-state index contributed by atoms with van der Waals surface area (Å²) >= 11 is 0. The third-order valence-corrected chi connectivity index (χ3v) is 6.68. The van der Waals surface area contributed by atoms with Crippen LogP contribution in [0, 0.1) is 17.3 Å². The molecule has 0 unspecified atom stereocenters. The van der Waals surface area contributed by atoms with Crippen LogP contribution in [0.4, 0.5) is 0 Å². The van der Waals surface area contributed by atoms with Gasteiger partial charge in [-0.25, -0.2) is 0 Å². The molecule has 0 aromatic heterocycles.